The molecule has 0 aliphatic rings. The molecule has 0 unspecified atom stereocenters. The molecule has 0 saturated heterocycles. The van der Waals surface area contributed by atoms with Crippen LogP contribution in [0.15, 0.2) is 69.9 Å². The minimum atomic E-state index is -0.389. The summed E-state index contributed by atoms with van der Waals surface area (Å²) in [6, 6.07) is 17.4. The van der Waals surface area contributed by atoms with Crippen LogP contribution in [0.4, 0.5) is 0 Å². The van der Waals surface area contributed by atoms with Crippen molar-refractivity contribution >= 4 is 16.9 Å². The second-order valence-electron chi connectivity index (χ2n) is 7.57. The van der Waals surface area contributed by atoms with E-state index < -0.39 is 0 Å². The Morgan fingerprint density at radius 2 is 1.62 bits per heavy atom. The number of fused-ring (bicyclic) bond motifs is 1. The number of hydrogen-bond donors (Lipinski definition) is 0. The number of aryl methyl sites for hydroxylation is 1. The smallest absolute Gasteiger partial charge is 0.337 e. The first-order valence-electron chi connectivity index (χ1n) is 10.5. The van der Waals surface area contributed by atoms with E-state index in [2.05, 4.69) is 0 Å². The first-order valence-corrected chi connectivity index (χ1v) is 10.5. The molecule has 0 spiro atoms. The molecule has 3 aromatic carbocycles. The molecule has 1 heterocycles. The molecular weight excluding hydrogens is 436 g/mol. The predicted molar refractivity (Wildman–Crippen MR) is 128 cm³/mol. The molecule has 174 valence electrons. The van der Waals surface area contributed by atoms with Gasteiger partial charge in [0.1, 0.15) is 23.7 Å². The third kappa shape index (κ3) is 4.45. The van der Waals surface area contributed by atoms with Gasteiger partial charge in [0.05, 0.1) is 37.8 Å². The summed E-state index contributed by atoms with van der Waals surface area (Å²) < 4.78 is 27.2. The Kier molecular flexibility index (Phi) is 6.54. The topological polar surface area (TPSA) is 84.2 Å². The van der Waals surface area contributed by atoms with Crippen LogP contribution in [0.25, 0.3) is 22.1 Å². The number of ether oxygens (including phenoxy) is 4. The zero-order valence-corrected chi connectivity index (χ0v) is 19.3. The van der Waals surface area contributed by atoms with Gasteiger partial charge >= 0.3 is 5.97 Å². The normalized spacial score (nSPS) is 10.7. The Balaban J connectivity index is 1.61. The van der Waals surface area contributed by atoms with Crippen LogP contribution in [0.2, 0.25) is 0 Å². The van der Waals surface area contributed by atoms with Gasteiger partial charge in [0.25, 0.3) is 0 Å². The molecular formula is C27H24O7. The van der Waals surface area contributed by atoms with Gasteiger partial charge in [-0.05, 0) is 54.4 Å². The number of hydrogen-bond acceptors (Lipinski definition) is 7. The lowest BCUT2D eigenvalue weighted by Gasteiger charge is -2.12. The minimum Gasteiger partial charge on any atom is -0.493 e. The fourth-order valence-corrected chi connectivity index (χ4v) is 3.72. The van der Waals surface area contributed by atoms with Crippen molar-refractivity contribution in [3.05, 3.63) is 87.8 Å². The number of rotatable bonds is 7. The number of benzene rings is 3. The molecule has 0 radical (unpaired) electrons. The fourth-order valence-electron chi connectivity index (χ4n) is 3.72. The molecule has 4 rings (SSSR count). The van der Waals surface area contributed by atoms with Gasteiger partial charge in [-0.3, -0.25) is 4.79 Å². The highest BCUT2D eigenvalue weighted by atomic mass is 16.5. The lowest BCUT2D eigenvalue weighted by atomic mass is 10.0. The molecule has 1 aromatic heterocycles. The van der Waals surface area contributed by atoms with Crippen LogP contribution in [-0.2, 0) is 11.3 Å². The predicted octanol–water partition coefficient (Wildman–Crippen LogP) is 5.15. The summed E-state index contributed by atoms with van der Waals surface area (Å²) in [6.07, 6.45) is 0. The molecule has 7 nitrogen and oxygen atoms in total. The number of carbonyl (C=O) groups is 1. The van der Waals surface area contributed by atoms with Crippen molar-refractivity contribution in [3.63, 3.8) is 0 Å². The molecule has 0 N–H and O–H groups in total. The maximum Gasteiger partial charge on any atom is 0.337 e. The van der Waals surface area contributed by atoms with Gasteiger partial charge in [-0.2, -0.15) is 0 Å². The van der Waals surface area contributed by atoms with Crippen LogP contribution in [-0.4, -0.2) is 27.3 Å². The average molecular weight is 460 g/mol. The first-order chi connectivity index (χ1) is 16.4. The Morgan fingerprint density at radius 3 is 2.29 bits per heavy atom. The standard InChI is InChI=1S/C27H24O7/c1-16-25(19-9-12-22(30-2)24(13-19)31-3)26(28)21-11-10-20(14-23(21)34-16)33-15-17-5-7-18(8-6-17)27(29)32-4/h5-14H,15H2,1-4H3. The molecule has 0 aliphatic carbocycles. The summed E-state index contributed by atoms with van der Waals surface area (Å²) in [6.45, 7) is 2.04. The van der Waals surface area contributed by atoms with E-state index >= 15 is 0 Å². The number of methoxy groups -OCH3 is 3. The first kappa shape index (κ1) is 22.9. The van der Waals surface area contributed by atoms with E-state index in [4.69, 9.17) is 23.4 Å². The summed E-state index contributed by atoms with van der Waals surface area (Å²) in [5.74, 6) is 1.77. The zero-order valence-electron chi connectivity index (χ0n) is 19.3. The summed E-state index contributed by atoms with van der Waals surface area (Å²) >= 11 is 0. The summed E-state index contributed by atoms with van der Waals surface area (Å²) in [5, 5.41) is 0.449. The molecule has 7 heteroatoms. The Hall–Kier alpha value is -4.26. The molecule has 0 bridgehead atoms. The summed E-state index contributed by atoms with van der Waals surface area (Å²) in [4.78, 5) is 24.9. The van der Waals surface area contributed by atoms with Gasteiger partial charge in [-0.25, -0.2) is 4.79 Å². The lowest BCUT2D eigenvalue weighted by molar-refractivity contribution is 0.0600. The lowest BCUT2D eigenvalue weighted by Crippen LogP contribution is -2.08. The highest BCUT2D eigenvalue weighted by Gasteiger charge is 2.16. The largest absolute Gasteiger partial charge is 0.493 e. The van der Waals surface area contributed by atoms with E-state index in [1.165, 1.54) is 7.11 Å². The van der Waals surface area contributed by atoms with Crippen LogP contribution in [0.3, 0.4) is 0 Å². The molecule has 0 amide bonds. The quantitative estimate of drug-likeness (QED) is 0.353. The van der Waals surface area contributed by atoms with Crippen LogP contribution in [0.5, 0.6) is 17.2 Å². The second kappa shape index (κ2) is 9.70. The molecule has 4 aromatic rings. The third-order valence-corrected chi connectivity index (χ3v) is 5.49. The highest BCUT2D eigenvalue weighted by molar-refractivity contribution is 5.89. The number of esters is 1. The van der Waals surface area contributed by atoms with Crippen molar-refractivity contribution in [3.8, 4) is 28.4 Å². The van der Waals surface area contributed by atoms with Gasteiger partial charge in [-0.1, -0.05) is 18.2 Å². The van der Waals surface area contributed by atoms with Crippen molar-refractivity contribution in [2.24, 2.45) is 0 Å². The summed E-state index contributed by atoms with van der Waals surface area (Å²) in [7, 11) is 4.45. The maximum atomic E-state index is 13.3. The minimum absolute atomic E-state index is 0.143. The van der Waals surface area contributed by atoms with E-state index in [-0.39, 0.29) is 11.4 Å². The van der Waals surface area contributed by atoms with E-state index in [9.17, 15) is 9.59 Å². The van der Waals surface area contributed by atoms with Crippen molar-refractivity contribution in [2.45, 2.75) is 13.5 Å². The van der Waals surface area contributed by atoms with Crippen molar-refractivity contribution < 1.29 is 28.2 Å². The van der Waals surface area contributed by atoms with Crippen molar-refractivity contribution in [2.75, 3.05) is 21.3 Å². The number of carbonyl (C=O) groups excluding carboxylic acids is 1. The fraction of sp³-hybridized carbons (Fsp3) is 0.185. The van der Waals surface area contributed by atoms with Gasteiger partial charge in [-0.15, -0.1) is 0 Å². The highest BCUT2D eigenvalue weighted by Crippen LogP contribution is 2.33. The second-order valence-corrected chi connectivity index (χ2v) is 7.57. The maximum absolute atomic E-state index is 13.3. The van der Waals surface area contributed by atoms with Crippen LogP contribution in [0.1, 0.15) is 21.7 Å². The Morgan fingerprint density at radius 1 is 0.882 bits per heavy atom. The SMILES string of the molecule is COC(=O)c1ccc(COc2ccc3c(=O)c(-c4ccc(OC)c(OC)c4)c(C)oc3c2)cc1. The summed E-state index contributed by atoms with van der Waals surface area (Å²) in [5.41, 5.74) is 2.80. The van der Waals surface area contributed by atoms with E-state index in [0.29, 0.717) is 57.3 Å². The van der Waals surface area contributed by atoms with Gasteiger partial charge in [0, 0.05) is 6.07 Å². The molecule has 34 heavy (non-hydrogen) atoms. The van der Waals surface area contributed by atoms with Gasteiger partial charge in [0.15, 0.2) is 11.5 Å². The van der Waals surface area contributed by atoms with Gasteiger partial charge < -0.3 is 23.4 Å². The van der Waals surface area contributed by atoms with E-state index in [0.717, 1.165) is 5.56 Å². The Labute approximate surface area is 196 Å². The molecule has 0 saturated carbocycles. The van der Waals surface area contributed by atoms with Crippen LogP contribution < -0.4 is 19.6 Å². The van der Waals surface area contributed by atoms with E-state index in [1.807, 2.05) is 0 Å². The van der Waals surface area contributed by atoms with Gasteiger partial charge in [0.2, 0.25) is 5.43 Å². The van der Waals surface area contributed by atoms with Crippen LogP contribution in [0, 0.1) is 6.92 Å². The molecule has 0 aliphatic heterocycles. The molecule has 0 atom stereocenters. The Bertz CT molecular complexity index is 1400. The van der Waals surface area contributed by atoms with Crippen molar-refractivity contribution in [1.29, 1.82) is 0 Å². The monoisotopic (exact) mass is 460 g/mol. The zero-order chi connectivity index (χ0) is 24.2. The third-order valence-electron chi connectivity index (χ3n) is 5.49. The van der Waals surface area contributed by atoms with Crippen LogP contribution >= 0.6 is 0 Å². The van der Waals surface area contributed by atoms with E-state index in [1.54, 1.807) is 81.8 Å². The average Bonchev–Trinajstić information content (AvgIpc) is 2.87. The van der Waals surface area contributed by atoms with Crippen molar-refractivity contribution in [1.82, 2.24) is 0 Å². The molecule has 0 fully saturated rings.